The molecule has 90 valence electrons. The average molecular weight is 243 g/mol. The molecule has 0 aromatic heterocycles. The number of hydrogen-bond donors (Lipinski definition) is 2. The molecule has 0 bridgehead atoms. The van der Waals surface area contributed by atoms with E-state index in [1.54, 1.807) is 0 Å². The fraction of sp³-hybridized carbons (Fsp3) is 0.417. The second-order valence-corrected chi connectivity index (χ2v) is 5.06. The summed E-state index contributed by atoms with van der Waals surface area (Å²) < 4.78 is 0. The first-order chi connectivity index (χ1) is 7.26. The summed E-state index contributed by atoms with van der Waals surface area (Å²) in [5.41, 5.74) is 5.74. The van der Waals surface area contributed by atoms with E-state index in [1.807, 2.05) is 20.8 Å². The fourth-order valence-corrected chi connectivity index (χ4v) is 0.916. The molecule has 0 fully saturated rings. The highest BCUT2D eigenvalue weighted by Crippen LogP contribution is 2.10. The Bertz CT molecular complexity index is 320. The van der Waals surface area contributed by atoms with Gasteiger partial charge in [0.25, 0.3) is 5.91 Å². The van der Waals surface area contributed by atoms with E-state index in [9.17, 15) is 4.79 Å². The summed E-state index contributed by atoms with van der Waals surface area (Å²) in [4.78, 5) is 11.7. The predicted octanol–water partition coefficient (Wildman–Crippen LogP) is 2.30. The molecule has 0 aliphatic heterocycles. The van der Waals surface area contributed by atoms with Gasteiger partial charge in [0.2, 0.25) is 0 Å². The number of allylic oxidation sites excluding steroid dienone is 2. The summed E-state index contributed by atoms with van der Waals surface area (Å²) in [6, 6.07) is 0. The molecule has 0 aromatic rings. The van der Waals surface area contributed by atoms with Crippen LogP contribution in [0.15, 0.2) is 35.5 Å². The lowest BCUT2D eigenvalue weighted by atomic mass is 9.97. The minimum atomic E-state index is -0.181. The molecular weight excluding hydrogens is 224 g/mol. The first-order valence-electron chi connectivity index (χ1n) is 5.00. The molecule has 0 radical (unpaired) electrons. The zero-order valence-electron chi connectivity index (χ0n) is 10.0. The molecule has 0 rings (SSSR count). The lowest BCUT2D eigenvalue weighted by Crippen LogP contribution is -2.32. The topological polar surface area (TPSA) is 55.1 Å². The number of halogens is 1. The number of hydrogen-bond acceptors (Lipinski definition) is 2. The summed E-state index contributed by atoms with van der Waals surface area (Å²) in [5, 5.41) is 2.93. The van der Waals surface area contributed by atoms with Gasteiger partial charge in [0.15, 0.2) is 0 Å². The minimum Gasteiger partial charge on any atom is -0.389 e. The molecule has 0 aromatic carbocycles. The van der Waals surface area contributed by atoms with Crippen molar-refractivity contribution < 1.29 is 4.79 Å². The number of carbonyl (C=O) groups is 1. The molecule has 0 unspecified atom stereocenters. The Morgan fingerprint density at radius 2 is 2.00 bits per heavy atom. The van der Waals surface area contributed by atoms with Gasteiger partial charge >= 0.3 is 0 Å². The van der Waals surface area contributed by atoms with Crippen LogP contribution in [0.25, 0.3) is 0 Å². The summed E-state index contributed by atoms with van der Waals surface area (Å²) in [5.74, 6) is -0.181. The third kappa shape index (κ3) is 7.12. The maximum Gasteiger partial charge on any atom is 0.251 e. The standard InChI is InChI=1S/C12H19ClN2O/c1-5-9(6-7-10(13)14)11(16)15-8-12(2,3)4/h5-7H,1,8,14H2,2-4H3,(H,15,16)/b9-6+,10-7-. The lowest BCUT2D eigenvalue weighted by Gasteiger charge is -2.18. The number of nitrogens with two attached hydrogens (primary N) is 1. The molecule has 3 nitrogen and oxygen atoms in total. The Hall–Kier alpha value is -1.22. The second kappa shape index (κ2) is 6.38. The molecule has 4 heteroatoms. The van der Waals surface area contributed by atoms with E-state index in [0.29, 0.717) is 12.1 Å². The Balaban J connectivity index is 4.51. The molecule has 0 atom stereocenters. The van der Waals surface area contributed by atoms with Crippen LogP contribution >= 0.6 is 11.6 Å². The third-order valence-corrected chi connectivity index (χ3v) is 1.81. The number of carbonyl (C=O) groups excluding carboxylic acids is 1. The maximum atomic E-state index is 11.7. The van der Waals surface area contributed by atoms with Crippen LogP contribution in [-0.2, 0) is 4.79 Å². The highest BCUT2D eigenvalue weighted by molar-refractivity contribution is 6.29. The van der Waals surface area contributed by atoms with Gasteiger partial charge in [-0.3, -0.25) is 4.79 Å². The molecular formula is C12H19ClN2O. The molecule has 1 amide bonds. The van der Waals surface area contributed by atoms with E-state index in [0.717, 1.165) is 0 Å². The second-order valence-electron chi connectivity index (χ2n) is 4.62. The van der Waals surface area contributed by atoms with Crippen molar-refractivity contribution in [3.05, 3.63) is 35.5 Å². The van der Waals surface area contributed by atoms with Crippen molar-refractivity contribution in [3.63, 3.8) is 0 Å². The summed E-state index contributed by atoms with van der Waals surface area (Å²) in [7, 11) is 0. The van der Waals surface area contributed by atoms with E-state index < -0.39 is 0 Å². The van der Waals surface area contributed by atoms with Gasteiger partial charge in [-0.1, -0.05) is 45.0 Å². The number of amides is 1. The van der Waals surface area contributed by atoms with Crippen molar-refractivity contribution in [2.24, 2.45) is 11.1 Å². The third-order valence-electron chi connectivity index (χ3n) is 1.68. The molecule has 0 aliphatic rings. The summed E-state index contributed by atoms with van der Waals surface area (Å²) >= 11 is 5.46. The normalized spacial score (nSPS) is 13.5. The largest absolute Gasteiger partial charge is 0.389 e. The average Bonchev–Trinajstić information content (AvgIpc) is 2.14. The minimum absolute atomic E-state index is 0.0449. The molecule has 0 saturated carbocycles. The van der Waals surface area contributed by atoms with Crippen LogP contribution in [0.4, 0.5) is 0 Å². The Kier molecular flexibility index (Phi) is 5.89. The van der Waals surface area contributed by atoms with E-state index in [4.69, 9.17) is 17.3 Å². The van der Waals surface area contributed by atoms with Crippen molar-refractivity contribution in [2.75, 3.05) is 6.54 Å². The van der Waals surface area contributed by atoms with E-state index >= 15 is 0 Å². The van der Waals surface area contributed by atoms with Crippen LogP contribution in [-0.4, -0.2) is 12.5 Å². The van der Waals surface area contributed by atoms with Gasteiger partial charge in [0.05, 0.1) is 5.16 Å². The van der Waals surface area contributed by atoms with Gasteiger partial charge in [-0.15, -0.1) is 0 Å². The van der Waals surface area contributed by atoms with Crippen LogP contribution in [0.5, 0.6) is 0 Å². The summed E-state index contributed by atoms with van der Waals surface area (Å²) in [6.45, 7) is 10.3. The Morgan fingerprint density at radius 1 is 1.44 bits per heavy atom. The van der Waals surface area contributed by atoms with Crippen LogP contribution in [0, 0.1) is 5.41 Å². The van der Waals surface area contributed by atoms with Gasteiger partial charge in [-0.2, -0.15) is 0 Å². The van der Waals surface area contributed by atoms with Crippen molar-refractivity contribution in [1.82, 2.24) is 5.32 Å². The van der Waals surface area contributed by atoms with Gasteiger partial charge in [0.1, 0.15) is 0 Å². The van der Waals surface area contributed by atoms with Crippen molar-refractivity contribution >= 4 is 17.5 Å². The van der Waals surface area contributed by atoms with Crippen LogP contribution in [0.2, 0.25) is 0 Å². The van der Waals surface area contributed by atoms with E-state index in [-0.39, 0.29) is 16.5 Å². The van der Waals surface area contributed by atoms with Crippen molar-refractivity contribution in [2.45, 2.75) is 20.8 Å². The maximum absolute atomic E-state index is 11.7. The molecule has 0 saturated heterocycles. The van der Waals surface area contributed by atoms with E-state index in [1.165, 1.54) is 18.2 Å². The van der Waals surface area contributed by atoms with Crippen molar-refractivity contribution in [1.29, 1.82) is 0 Å². The molecule has 3 N–H and O–H groups in total. The monoisotopic (exact) mass is 242 g/mol. The first-order valence-corrected chi connectivity index (χ1v) is 5.37. The van der Waals surface area contributed by atoms with Gasteiger partial charge in [-0.05, 0) is 17.6 Å². The fourth-order valence-electron chi connectivity index (χ4n) is 0.853. The number of nitrogens with one attached hydrogen (secondary N) is 1. The Labute approximate surface area is 102 Å². The number of rotatable bonds is 4. The zero-order valence-corrected chi connectivity index (χ0v) is 10.8. The summed E-state index contributed by atoms with van der Waals surface area (Å²) in [6.07, 6.45) is 4.46. The molecule has 0 spiro atoms. The SMILES string of the molecule is C=C/C(=C\C=C(/N)Cl)C(=O)NCC(C)(C)C. The molecule has 16 heavy (non-hydrogen) atoms. The smallest absolute Gasteiger partial charge is 0.251 e. The van der Waals surface area contributed by atoms with Crippen LogP contribution < -0.4 is 11.1 Å². The molecule has 0 aliphatic carbocycles. The quantitative estimate of drug-likeness (QED) is 0.452. The van der Waals surface area contributed by atoms with Gasteiger partial charge in [-0.25, -0.2) is 0 Å². The highest BCUT2D eigenvalue weighted by Gasteiger charge is 2.12. The van der Waals surface area contributed by atoms with E-state index in [2.05, 4.69) is 11.9 Å². The molecule has 0 heterocycles. The van der Waals surface area contributed by atoms with Gasteiger partial charge in [0, 0.05) is 12.1 Å². The van der Waals surface area contributed by atoms with Gasteiger partial charge < -0.3 is 11.1 Å². The zero-order chi connectivity index (χ0) is 12.8. The lowest BCUT2D eigenvalue weighted by molar-refractivity contribution is -0.117. The van der Waals surface area contributed by atoms with Crippen LogP contribution in [0.1, 0.15) is 20.8 Å². The van der Waals surface area contributed by atoms with Crippen molar-refractivity contribution in [3.8, 4) is 0 Å². The highest BCUT2D eigenvalue weighted by atomic mass is 35.5. The van der Waals surface area contributed by atoms with Crippen LogP contribution in [0.3, 0.4) is 0 Å². The Morgan fingerprint density at radius 3 is 2.38 bits per heavy atom. The predicted molar refractivity (Wildman–Crippen MR) is 68.9 cm³/mol. The first kappa shape index (κ1) is 14.8.